The number of aromatic amines is 1. The fraction of sp³-hybridized carbons (Fsp3) is 0.125. The lowest BCUT2D eigenvalue weighted by Gasteiger charge is -2.06. The van der Waals surface area contributed by atoms with Crippen molar-refractivity contribution in [1.29, 1.82) is 0 Å². The average Bonchev–Trinajstić information content (AvgIpc) is 2.67. The maximum absolute atomic E-state index is 11.8. The highest BCUT2D eigenvalue weighted by Crippen LogP contribution is 2.19. The Balaban J connectivity index is 2.00. The third-order valence-corrected chi connectivity index (χ3v) is 3.39. The van der Waals surface area contributed by atoms with Crippen LogP contribution in [0, 0.1) is 0 Å². The number of nitrogens with two attached hydrogens (primary N) is 1. The van der Waals surface area contributed by atoms with Crippen molar-refractivity contribution in [3.63, 3.8) is 0 Å². The molecule has 1 aliphatic rings. The summed E-state index contributed by atoms with van der Waals surface area (Å²) in [5, 5.41) is 8.34. The second kappa shape index (κ2) is 5.17. The number of rotatable bonds is 2. The number of allylic oxidation sites excluding steroid dienone is 5. The summed E-state index contributed by atoms with van der Waals surface area (Å²) in [6.45, 7) is 0. The Kier molecular flexibility index (Phi) is 3.21. The molecule has 0 spiro atoms. The van der Waals surface area contributed by atoms with Gasteiger partial charge in [0.2, 0.25) is 0 Å². The van der Waals surface area contributed by atoms with Gasteiger partial charge in [-0.1, -0.05) is 42.0 Å². The molecule has 1 aromatic heterocycles. The van der Waals surface area contributed by atoms with Crippen LogP contribution in [0.4, 0.5) is 0 Å². The third-order valence-electron chi connectivity index (χ3n) is 3.39. The van der Waals surface area contributed by atoms with Crippen LogP contribution in [-0.2, 0) is 6.42 Å². The van der Waals surface area contributed by atoms with Crippen molar-refractivity contribution < 1.29 is 0 Å². The van der Waals surface area contributed by atoms with E-state index in [1.54, 1.807) is 0 Å². The number of nitrogens with zero attached hydrogens (tertiary/aromatic N) is 1. The highest BCUT2D eigenvalue weighted by molar-refractivity contribution is 5.83. The fourth-order valence-corrected chi connectivity index (χ4v) is 2.33. The van der Waals surface area contributed by atoms with E-state index in [1.807, 2.05) is 42.5 Å². The summed E-state index contributed by atoms with van der Waals surface area (Å²) >= 11 is 0. The van der Waals surface area contributed by atoms with Crippen LogP contribution in [-0.4, -0.2) is 10.2 Å². The molecule has 1 aromatic carbocycles. The SMILES string of the molecule is NC1=CCC(Cc2n[nH]c(=O)c3ccccc23)=CC=C1. The summed E-state index contributed by atoms with van der Waals surface area (Å²) in [7, 11) is 0. The Morgan fingerprint density at radius 2 is 2.05 bits per heavy atom. The van der Waals surface area contributed by atoms with Gasteiger partial charge in [0.15, 0.2) is 0 Å². The van der Waals surface area contributed by atoms with Crippen molar-refractivity contribution in [3.05, 3.63) is 75.9 Å². The molecule has 0 unspecified atom stereocenters. The van der Waals surface area contributed by atoms with Gasteiger partial charge in [-0.2, -0.15) is 5.10 Å². The van der Waals surface area contributed by atoms with Crippen LogP contribution in [0.1, 0.15) is 12.1 Å². The summed E-state index contributed by atoms with van der Waals surface area (Å²) in [6, 6.07) is 7.54. The molecule has 3 rings (SSSR count). The van der Waals surface area contributed by atoms with E-state index < -0.39 is 0 Å². The van der Waals surface area contributed by atoms with Crippen molar-refractivity contribution >= 4 is 10.8 Å². The molecule has 0 bridgehead atoms. The van der Waals surface area contributed by atoms with E-state index in [4.69, 9.17) is 5.73 Å². The van der Waals surface area contributed by atoms with E-state index in [0.717, 1.165) is 23.2 Å². The molecular formula is C16H15N3O. The molecule has 0 atom stereocenters. The smallest absolute Gasteiger partial charge is 0.272 e. The molecule has 2 aromatic rings. The Bertz CT molecular complexity index is 794. The Hall–Kier alpha value is -2.62. The van der Waals surface area contributed by atoms with Gasteiger partial charge in [0.05, 0.1) is 11.1 Å². The molecule has 4 heteroatoms. The molecule has 3 N–H and O–H groups in total. The largest absolute Gasteiger partial charge is 0.399 e. The lowest BCUT2D eigenvalue weighted by Crippen LogP contribution is -2.11. The molecule has 0 amide bonds. The molecule has 0 aliphatic heterocycles. The van der Waals surface area contributed by atoms with E-state index in [0.29, 0.717) is 11.8 Å². The average molecular weight is 265 g/mol. The van der Waals surface area contributed by atoms with Gasteiger partial charge < -0.3 is 5.73 Å². The quantitative estimate of drug-likeness (QED) is 0.874. The normalized spacial score (nSPS) is 14.8. The number of H-pyrrole nitrogens is 1. The predicted octanol–water partition coefficient (Wildman–Crippen LogP) is 2.19. The zero-order valence-corrected chi connectivity index (χ0v) is 11.0. The Morgan fingerprint density at radius 1 is 1.25 bits per heavy atom. The summed E-state index contributed by atoms with van der Waals surface area (Å²) in [5.41, 5.74) is 8.50. The van der Waals surface area contributed by atoms with Crippen LogP contribution in [0.5, 0.6) is 0 Å². The predicted molar refractivity (Wildman–Crippen MR) is 80.2 cm³/mol. The van der Waals surface area contributed by atoms with E-state index in [9.17, 15) is 4.79 Å². The lowest BCUT2D eigenvalue weighted by molar-refractivity contribution is 0.914. The topological polar surface area (TPSA) is 71.8 Å². The highest BCUT2D eigenvalue weighted by Gasteiger charge is 2.08. The number of hydrogen-bond donors (Lipinski definition) is 2. The van der Waals surface area contributed by atoms with Crippen LogP contribution in [0.25, 0.3) is 10.8 Å². The lowest BCUT2D eigenvalue weighted by atomic mass is 10.0. The molecule has 100 valence electrons. The molecule has 1 heterocycles. The Morgan fingerprint density at radius 3 is 2.90 bits per heavy atom. The third kappa shape index (κ3) is 2.40. The second-order valence-electron chi connectivity index (χ2n) is 4.81. The van der Waals surface area contributed by atoms with Crippen molar-refractivity contribution in [3.8, 4) is 0 Å². The maximum Gasteiger partial charge on any atom is 0.272 e. The monoisotopic (exact) mass is 265 g/mol. The van der Waals surface area contributed by atoms with Gasteiger partial charge in [-0.25, -0.2) is 5.10 Å². The van der Waals surface area contributed by atoms with E-state index in [2.05, 4.69) is 16.3 Å². The van der Waals surface area contributed by atoms with Crippen molar-refractivity contribution in [2.45, 2.75) is 12.8 Å². The van der Waals surface area contributed by atoms with Crippen LogP contribution < -0.4 is 11.3 Å². The summed E-state index contributed by atoms with van der Waals surface area (Å²) < 4.78 is 0. The molecule has 1 aliphatic carbocycles. The molecule has 0 saturated carbocycles. The van der Waals surface area contributed by atoms with Gasteiger partial charge >= 0.3 is 0 Å². The maximum atomic E-state index is 11.8. The molecular weight excluding hydrogens is 250 g/mol. The van der Waals surface area contributed by atoms with E-state index >= 15 is 0 Å². The van der Waals surface area contributed by atoms with Gasteiger partial charge in [-0.3, -0.25) is 4.79 Å². The molecule has 0 fully saturated rings. The number of hydrogen-bond acceptors (Lipinski definition) is 3. The standard InChI is InChI=1S/C16H15N3O/c17-12-5-3-4-11(8-9-12)10-15-13-6-1-2-7-14(13)16(20)19-18-15/h1-7,9H,8,10,17H2,(H,19,20). The van der Waals surface area contributed by atoms with Crippen molar-refractivity contribution in [1.82, 2.24) is 10.2 Å². The first kappa shape index (κ1) is 12.4. The van der Waals surface area contributed by atoms with Gasteiger partial charge in [0.25, 0.3) is 5.56 Å². The summed E-state index contributed by atoms with van der Waals surface area (Å²) in [4.78, 5) is 11.8. The van der Waals surface area contributed by atoms with Gasteiger partial charge in [-0.15, -0.1) is 0 Å². The number of aromatic nitrogens is 2. The van der Waals surface area contributed by atoms with Crippen molar-refractivity contribution in [2.24, 2.45) is 5.73 Å². The zero-order valence-electron chi connectivity index (χ0n) is 11.0. The van der Waals surface area contributed by atoms with E-state index in [1.165, 1.54) is 5.57 Å². The highest BCUT2D eigenvalue weighted by atomic mass is 16.1. The molecule has 20 heavy (non-hydrogen) atoms. The minimum absolute atomic E-state index is 0.150. The van der Waals surface area contributed by atoms with Gasteiger partial charge in [0.1, 0.15) is 0 Å². The minimum atomic E-state index is -0.150. The molecule has 0 saturated heterocycles. The molecule has 4 nitrogen and oxygen atoms in total. The van der Waals surface area contributed by atoms with Crippen LogP contribution in [0.2, 0.25) is 0 Å². The number of nitrogens with one attached hydrogen (secondary N) is 1. The van der Waals surface area contributed by atoms with Crippen molar-refractivity contribution in [2.75, 3.05) is 0 Å². The fourth-order valence-electron chi connectivity index (χ4n) is 2.33. The van der Waals surface area contributed by atoms with Gasteiger partial charge in [0, 0.05) is 17.5 Å². The first-order chi connectivity index (χ1) is 9.74. The van der Waals surface area contributed by atoms with Crippen LogP contribution in [0.3, 0.4) is 0 Å². The van der Waals surface area contributed by atoms with Gasteiger partial charge in [-0.05, 0) is 18.6 Å². The first-order valence-corrected chi connectivity index (χ1v) is 6.52. The molecule has 0 radical (unpaired) electrons. The zero-order chi connectivity index (χ0) is 13.9. The van der Waals surface area contributed by atoms with Crippen LogP contribution in [0.15, 0.2) is 64.6 Å². The first-order valence-electron chi connectivity index (χ1n) is 6.52. The number of fused-ring (bicyclic) bond motifs is 1. The summed E-state index contributed by atoms with van der Waals surface area (Å²) in [6.07, 6.45) is 9.37. The summed E-state index contributed by atoms with van der Waals surface area (Å²) in [5.74, 6) is 0. The van der Waals surface area contributed by atoms with Crippen LogP contribution >= 0.6 is 0 Å². The van der Waals surface area contributed by atoms with E-state index in [-0.39, 0.29) is 5.56 Å². The minimum Gasteiger partial charge on any atom is -0.399 e. The second-order valence-corrected chi connectivity index (χ2v) is 4.81. The Labute approximate surface area is 116 Å². The number of benzene rings is 1.